The van der Waals surface area contributed by atoms with Crippen molar-refractivity contribution in [2.45, 2.75) is 26.9 Å². The zero-order valence-corrected chi connectivity index (χ0v) is 11.3. The Morgan fingerprint density at radius 1 is 1.22 bits per heavy atom. The smallest absolute Gasteiger partial charge is 0.123 e. The summed E-state index contributed by atoms with van der Waals surface area (Å²) in [6.45, 7) is 5.38. The predicted octanol–water partition coefficient (Wildman–Crippen LogP) is 3.50. The van der Waals surface area contributed by atoms with Gasteiger partial charge in [0.05, 0.1) is 0 Å². The Morgan fingerprint density at radius 2 is 2.00 bits per heavy atom. The van der Waals surface area contributed by atoms with Crippen LogP contribution in [-0.4, -0.2) is 5.11 Å². The van der Waals surface area contributed by atoms with E-state index >= 15 is 0 Å². The van der Waals surface area contributed by atoms with Crippen molar-refractivity contribution in [2.24, 2.45) is 0 Å². The Balaban J connectivity index is 1.94. The van der Waals surface area contributed by atoms with Gasteiger partial charge in [0.1, 0.15) is 11.6 Å². The molecule has 0 amide bonds. The highest BCUT2D eigenvalue weighted by Crippen LogP contribution is 2.21. The Labute approximate surface area is 110 Å². The van der Waals surface area contributed by atoms with Crippen LogP contribution in [0.1, 0.15) is 20.9 Å². The van der Waals surface area contributed by atoms with Crippen molar-refractivity contribution < 1.29 is 9.50 Å². The predicted molar refractivity (Wildman–Crippen MR) is 72.4 cm³/mol. The quantitative estimate of drug-likeness (QED) is 0.886. The van der Waals surface area contributed by atoms with Gasteiger partial charge in [-0.2, -0.15) is 0 Å². The van der Waals surface area contributed by atoms with Gasteiger partial charge in [0.25, 0.3) is 0 Å². The van der Waals surface area contributed by atoms with Crippen molar-refractivity contribution in [2.75, 3.05) is 0 Å². The third kappa shape index (κ3) is 3.09. The number of aryl methyl sites for hydroxylation is 2. The first kappa shape index (κ1) is 13.1. The molecule has 0 unspecified atom stereocenters. The molecule has 1 aromatic carbocycles. The van der Waals surface area contributed by atoms with E-state index in [0.717, 1.165) is 6.54 Å². The van der Waals surface area contributed by atoms with Crippen LogP contribution >= 0.6 is 11.3 Å². The summed E-state index contributed by atoms with van der Waals surface area (Å²) >= 11 is 1.76. The second kappa shape index (κ2) is 5.50. The van der Waals surface area contributed by atoms with Gasteiger partial charge in [-0.15, -0.1) is 11.3 Å². The van der Waals surface area contributed by atoms with Crippen molar-refractivity contribution in [3.05, 3.63) is 51.0 Å². The van der Waals surface area contributed by atoms with E-state index in [1.807, 2.05) is 0 Å². The second-order valence-corrected chi connectivity index (χ2v) is 5.67. The molecule has 0 saturated carbocycles. The topological polar surface area (TPSA) is 32.3 Å². The lowest BCUT2D eigenvalue weighted by molar-refractivity contribution is 0.461. The number of hydrogen-bond donors (Lipinski definition) is 2. The van der Waals surface area contributed by atoms with E-state index in [2.05, 4.69) is 25.2 Å². The molecule has 1 heterocycles. The fourth-order valence-corrected chi connectivity index (χ4v) is 2.78. The number of phenols is 1. The average Bonchev–Trinajstić information content (AvgIpc) is 2.63. The van der Waals surface area contributed by atoms with Gasteiger partial charge in [-0.05, 0) is 43.7 Å². The molecule has 0 saturated heterocycles. The molecule has 2 N–H and O–H groups in total. The zero-order chi connectivity index (χ0) is 13.1. The first-order chi connectivity index (χ1) is 8.56. The maximum Gasteiger partial charge on any atom is 0.123 e. The third-order valence-corrected chi connectivity index (χ3v) is 4.03. The summed E-state index contributed by atoms with van der Waals surface area (Å²) in [5.74, 6) is -0.199. The summed E-state index contributed by atoms with van der Waals surface area (Å²) in [7, 11) is 0. The molecule has 1 aromatic heterocycles. The number of aromatic hydroxyl groups is 1. The molecule has 0 atom stereocenters. The van der Waals surface area contributed by atoms with E-state index < -0.39 is 0 Å². The van der Waals surface area contributed by atoms with E-state index in [-0.39, 0.29) is 11.6 Å². The molecule has 0 aliphatic carbocycles. The van der Waals surface area contributed by atoms with Gasteiger partial charge in [0.15, 0.2) is 0 Å². The molecule has 18 heavy (non-hydrogen) atoms. The second-order valence-electron chi connectivity index (χ2n) is 4.33. The lowest BCUT2D eigenvalue weighted by atomic mass is 10.2. The lowest BCUT2D eigenvalue weighted by Gasteiger charge is -2.05. The van der Waals surface area contributed by atoms with Crippen molar-refractivity contribution >= 4 is 11.3 Å². The largest absolute Gasteiger partial charge is 0.508 e. The van der Waals surface area contributed by atoms with Crippen LogP contribution in [0.3, 0.4) is 0 Å². The first-order valence-corrected chi connectivity index (χ1v) is 6.62. The summed E-state index contributed by atoms with van der Waals surface area (Å²) in [6, 6.07) is 6.14. The van der Waals surface area contributed by atoms with Crippen LogP contribution in [0, 0.1) is 19.7 Å². The number of benzene rings is 1. The zero-order valence-electron chi connectivity index (χ0n) is 10.5. The molecule has 0 bridgehead atoms. The van der Waals surface area contributed by atoms with E-state index in [9.17, 15) is 9.50 Å². The van der Waals surface area contributed by atoms with Crippen LogP contribution in [0.5, 0.6) is 5.75 Å². The number of nitrogens with one attached hydrogen (secondary N) is 1. The summed E-state index contributed by atoms with van der Waals surface area (Å²) in [5.41, 5.74) is 1.88. The first-order valence-electron chi connectivity index (χ1n) is 5.80. The fraction of sp³-hybridized carbons (Fsp3) is 0.286. The summed E-state index contributed by atoms with van der Waals surface area (Å²) in [4.78, 5) is 2.57. The highest BCUT2D eigenvalue weighted by molar-refractivity contribution is 7.12. The number of rotatable bonds is 4. The normalized spacial score (nSPS) is 10.8. The Hall–Kier alpha value is -1.39. The van der Waals surface area contributed by atoms with Crippen molar-refractivity contribution in [1.29, 1.82) is 0 Å². The van der Waals surface area contributed by atoms with Crippen LogP contribution in [0.25, 0.3) is 0 Å². The van der Waals surface area contributed by atoms with Gasteiger partial charge in [-0.25, -0.2) is 4.39 Å². The Morgan fingerprint density at radius 3 is 2.67 bits per heavy atom. The van der Waals surface area contributed by atoms with Crippen LogP contribution < -0.4 is 5.32 Å². The molecule has 2 aromatic rings. The third-order valence-electron chi connectivity index (χ3n) is 2.87. The van der Waals surface area contributed by atoms with Gasteiger partial charge < -0.3 is 10.4 Å². The highest BCUT2D eigenvalue weighted by atomic mass is 32.1. The minimum atomic E-state index is -0.326. The minimum Gasteiger partial charge on any atom is -0.508 e. The van der Waals surface area contributed by atoms with E-state index in [1.54, 1.807) is 11.3 Å². The summed E-state index contributed by atoms with van der Waals surface area (Å²) in [6.07, 6.45) is 0. The Kier molecular flexibility index (Phi) is 3.99. The fourth-order valence-electron chi connectivity index (χ4n) is 1.75. The molecule has 4 heteroatoms. The standard InChI is InChI=1S/C14H16FNOS/c1-9-5-13(18-10(9)2)8-16-7-11-6-12(15)3-4-14(11)17/h3-6,16-17H,7-8H2,1-2H3. The van der Waals surface area contributed by atoms with Gasteiger partial charge in [0, 0.05) is 28.4 Å². The summed E-state index contributed by atoms with van der Waals surface area (Å²) < 4.78 is 13.0. The molecule has 0 fully saturated rings. The number of phenolic OH excluding ortho intramolecular Hbond substituents is 1. The summed E-state index contributed by atoms with van der Waals surface area (Å²) in [5, 5.41) is 12.8. The van der Waals surface area contributed by atoms with Crippen LogP contribution in [0.2, 0.25) is 0 Å². The molecule has 96 valence electrons. The molecule has 2 nitrogen and oxygen atoms in total. The van der Waals surface area contributed by atoms with Gasteiger partial charge >= 0.3 is 0 Å². The van der Waals surface area contributed by atoms with E-state index in [1.165, 1.54) is 33.5 Å². The molecular weight excluding hydrogens is 249 g/mol. The monoisotopic (exact) mass is 265 g/mol. The SMILES string of the molecule is Cc1cc(CNCc2cc(F)ccc2O)sc1C. The van der Waals surface area contributed by atoms with Crippen LogP contribution in [0.4, 0.5) is 4.39 Å². The number of hydrogen-bond acceptors (Lipinski definition) is 3. The van der Waals surface area contributed by atoms with Crippen molar-refractivity contribution in [3.8, 4) is 5.75 Å². The molecule has 0 spiro atoms. The number of thiophene rings is 1. The maximum atomic E-state index is 13.0. The van der Waals surface area contributed by atoms with Crippen LogP contribution in [0.15, 0.2) is 24.3 Å². The minimum absolute atomic E-state index is 0.127. The maximum absolute atomic E-state index is 13.0. The molecular formula is C14H16FNOS. The van der Waals surface area contributed by atoms with Gasteiger partial charge in [-0.1, -0.05) is 0 Å². The van der Waals surface area contributed by atoms with Gasteiger partial charge in [-0.3, -0.25) is 0 Å². The highest BCUT2D eigenvalue weighted by Gasteiger charge is 2.04. The molecule has 2 rings (SSSR count). The van der Waals surface area contributed by atoms with E-state index in [0.29, 0.717) is 12.1 Å². The van der Waals surface area contributed by atoms with Gasteiger partial charge in [0.2, 0.25) is 0 Å². The Bertz CT molecular complexity index is 531. The van der Waals surface area contributed by atoms with Crippen LogP contribution in [-0.2, 0) is 13.1 Å². The number of halogens is 1. The van der Waals surface area contributed by atoms with Crippen molar-refractivity contribution in [1.82, 2.24) is 5.32 Å². The lowest BCUT2D eigenvalue weighted by Crippen LogP contribution is -2.12. The van der Waals surface area contributed by atoms with E-state index in [4.69, 9.17) is 0 Å². The molecule has 0 radical (unpaired) electrons. The van der Waals surface area contributed by atoms with Crippen molar-refractivity contribution in [3.63, 3.8) is 0 Å². The average molecular weight is 265 g/mol. The molecule has 0 aliphatic heterocycles. The molecule has 0 aliphatic rings.